The predicted molar refractivity (Wildman–Crippen MR) is 70.2 cm³/mol. The topological polar surface area (TPSA) is 24.9 Å². The predicted octanol–water partition coefficient (Wildman–Crippen LogP) is 3.41. The molecule has 1 unspecified atom stereocenters. The Labute approximate surface area is 102 Å². The number of anilines is 1. The second kappa shape index (κ2) is 3.88. The van der Waals surface area contributed by atoms with Crippen molar-refractivity contribution in [2.75, 3.05) is 5.32 Å². The van der Waals surface area contributed by atoms with Crippen LogP contribution in [0.15, 0.2) is 36.7 Å². The molecule has 0 fully saturated rings. The monoisotopic (exact) mass is 224 g/mol. The van der Waals surface area contributed by atoms with E-state index < -0.39 is 0 Å². The highest BCUT2D eigenvalue weighted by Gasteiger charge is 2.24. The molecule has 2 heteroatoms. The van der Waals surface area contributed by atoms with E-state index in [1.165, 1.54) is 27.9 Å². The van der Waals surface area contributed by atoms with E-state index in [9.17, 15) is 0 Å². The van der Waals surface area contributed by atoms with Crippen molar-refractivity contribution >= 4 is 5.69 Å². The molecular formula is C15H16N2. The summed E-state index contributed by atoms with van der Waals surface area (Å²) in [4.78, 5) is 4.07. The van der Waals surface area contributed by atoms with Crippen LogP contribution < -0.4 is 5.32 Å². The smallest absolute Gasteiger partial charge is 0.0556 e. The van der Waals surface area contributed by atoms with E-state index in [-0.39, 0.29) is 0 Å². The van der Waals surface area contributed by atoms with Crippen LogP contribution in [0, 0.1) is 13.8 Å². The molecule has 0 saturated carbocycles. The third kappa shape index (κ3) is 1.70. The Bertz CT molecular complexity index is 515. The minimum atomic E-state index is 0.396. The SMILES string of the molecule is Cc1ccc(C)c2c1CC(c1ccncc1)N2. The molecule has 86 valence electrons. The molecule has 17 heavy (non-hydrogen) atoms. The highest BCUT2D eigenvalue weighted by Crippen LogP contribution is 2.37. The molecule has 0 amide bonds. The van der Waals surface area contributed by atoms with Crippen molar-refractivity contribution in [3.05, 3.63) is 58.9 Å². The van der Waals surface area contributed by atoms with Crippen molar-refractivity contribution in [3.8, 4) is 0 Å². The molecule has 1 aliphatic heterocycles. The molecule has 0 radical (unpaired) electrons. The Kier molecular flexibility index (Phi) is 2.36. The Morgan fingerprint density at radius 3 is 2.47 bits per heavy atom. The molecule has 1 aliphatic rings. The van der Waals surface area contributed by atoms with Gasteiger partial charge in [-0.25, -0.2) is 0 Å². The van der Waals surface area contributed by atoms with Gasteiger partial charge in [0.1, 0.15) is 0 Å². The van der Waals surface area contributed by atoms with Crippen molar-refractivity contribution in [1.82, 2.24) is 4.98 Å². The summed E-state index contributed by atoms with van der Waals surface area (Å²) in [5.41, 5.74) is 6.82. The Hall–Kier alpha value is -1.83. The van der Waals surface area contributed by atoms with Gasteiger partial charge in [0.15, 0.2) is 0 Å². The average Bonchev–Trinajstić information content (AvgIpc) is 2.81. The number of rotatable bonds is 1. The van der Waals surface area contributed by atoms with Crippen LogP contribution in [0.5, 0.6) is 0 Å². The van der Waals surface area contributed by atoms with Crippen LogP contribution in [0.4, 0.5) is 5.69 Å². The zero-order valence-corrected chi connectivity index (χ0v) is 10.2. The van der Waals surface area contributed by atoms with Gasteiger partial charge >= 0.3 is 0 Å². The second-order valence-corrected chi connectivity index (χ2v) is 4.73. The molecule has 1 aromatic carbocycles. The zero-order valence-electron chi connectivity index (χ0n) is 10.2. The molecule has 1 N–H and O–H groups in total. The average molecular weight is 224 g/mol. The van der Waals surface area contributed by atoms with Crippen molar-refractivity contribution in [3.63, 3.8) is 0 Å². The number of benzene rings is 1. The summed E-state index contributed by atoms with van der Waals surface area (Å²) in [6.45, 7) is 4.36. The number of aryl methyl sites for hydroxylation is 2. The number of nitrogens with zero attached hydrogens (tertiary/aromatic N) is 1. The summed E-state index contributed by atoms with van der Waals surface area (Å²) in [5, 5.41) is 3.63. The molecule has 2 nitrogen and oxygen atoms in total. The summed E-state index contributed by atoms with van der Waals surface area (Å²) < 4.78 is 0. The lowest BCUT2D eigenvalue weighted by atomic mass is 9.99. The maximum absolute atomic E-state index is 4.07. The van der Waals surface area contributed by atoms with E-state index in [0.717, 1.165) is 6.42 Å². The number of fused-ring (bicyclic) bond motifs is 1. The normalized spacial score (nSPS) is 17.6. The van der Waals surface area contributed by atoms with Gasteiger partial charge in [0, 0.05) is 18.1 Å². The molecule has 0 saturated heterocycles. The van der Waals surface area contributed by atoms with Crippen LogP contribution in [0.2, 0.25) is 0 Å². The van der Waals surface area contributed by atoms with Gasteiger partial charge in [-0.2, -0.15) is 0 Å². The largest absolute Gasteiger partial charge is 0.377 e. The van der Waals surface area contributed by atoms with Crippen molar-refractivity contribution in [2.45, 2.75) is 26.3 Å². The molecule has 0 bridgehead atoms. The van der Waals surface area contributed by atoms with E-state index in [0.29, 0.717) is 6.04 Å². The minimum Gasteiger partial charge on any atom is -0.377 e. The van der Waals surface area contributed by atoms with Gasteiger partial charge in [-0.15, -0.1) is 0 Å². The van der Waals surface area contributed by atoms with Crippen LogP contribution in [0.25, 0.3) is 0 Å². The van der Waals surface area contributed by atoms with Crippen LogP contribution in [0.1, 0.15) is 28.3 Å². The Morgan fingerprint density at radius 1 is 1.06 bits per heavy atom. The molecule has 1 aromatic heterocycles. The fourth-order valence-electron chi connectivity index (χ4n) is 2.56. The maximum Gasteiger partial charge on any atom is 0.0556 e. The summed E-state index contributed by atoms with van der Waals surface area (Å²) >= 11 is 0. The zero-order chi connectivity index (χ0) is 11.8. The number of aromatic nitrogens is 1. The number of hydrogen-bond acceptors (Lipinski definition) is 2. The van der Waals surface area contributed by atoms with Gasteiger partial charge < -0.3 is 5.32 Å². The fraction of sp³-hybridized carbons (Fsp3) is 0.267. The Morgan fingerprint density at radius 2 is 1.76 bits per heavy atom. The first kappa shape index (κ1) is 10.3. The third-order valence-corrected chi connectivity index (χ3v) is 3.59. The van der Waals surface area contributed by atoms with Gasteiger partial charge in [-0.05, 0) is 54.7 Å². The minimum absolute atomic E-state index is 0.396. The van der Waals surface area contributed by atoms with E-state index in [1.54, 1.807) is 0 Å². The first-order chi connectivity index (χ1) is 8.25. The summed E-state index contributed by atoms with van der Waals surface area (Å²) in [6, 6.07) is 8.98. The van der Waals surface area contributed by atoms with Crippen LogP contribution in [0.3, 0.4) is 0 Å². The standard InChI is InChI=1S/C15H16N2/c1-10-3-4-11(2)15-13(10)9-14(17-15)12-5-7-16-8-6-12/h3-8,14,17H,9H2,1-2H3. The third-order valence-electron chi connectivity index (χ3n) is 3.59. The van der Waals surface area contributed by atoms with E-state index >= 15 is 0 Å². The van der Waals surface area contributed by atoms with E-state index in [2.05, 4.69) is 48.4 Å². The molecule has 1 atom stereocenters. The molecule has 3 rings (SSSR count). The fourth-order valence-corrected chi connectivity index (χ4v) is 2.56. The molecular weight excluding hydrogens is 208 g/mol. The lowest BCUT2D eigenvalue weighted by Crippen LogP contribution is -2.05. The summed E-state index contributed by atoms with van der Waals surface area (Å²) in [7, 11) is 0. The number of pyridine rings is 1. The quantitative estimate of drug-likeness (QED) is 0.803. The van der Waals surface area contributed by atoms with E-state index in [1.807, 2.05) is 12.4 Å². The second-order valence-electron chi connectivity index (χ2n) is 4.73. The van der Waals surface area contributed by atoms with Gasteiger partial charge in [0.05, 0.1) is 6.04 Å². The van der Waals surface area contributed by atoms with Crippen molar-refractivity contribution < 1.29 is 0 Å². The lowest BCUT2D eigenvalue weighted by molar-refractivity contribution is 0.818. The molecule has 0 spiro atoms. The van der Waals surface area contributed by atoms with Gasteiger partial charge in [-0.1, -0.05) is 12.1 Å². The Balaban J connectivity index is 1.98. The van der Waals surface area contributed by atoms with Gasteiger partial charge in [0.2, 0.25) is 0 Å². The van der Waals surface area contributed by atoms with Crippen molar-refractivity contribution in [2.24, 2.45) is 0 Å². The first-order valence-electron chi connectivity index (χ1n) is 6.01. The number of nitrogens with one attached hydrogen (secondary N) is 1. The van der Waals surface area contributed by atoms with Crippen molar-refractivity contribution in [1.29, 1.82) is 0 Å². The number of hydrogen-bond donors (Lipinski definition) is 1. The molecule has 0 aliphatic carbocycles. The highest BCUT2D eigenvalue weighted by atomic mass is 15.0. The van der Waals surface area contributed by atoms with E-state index in [4.69, 9.17) is 0 Å². The summed E-state index contributed by atoms with van der Waals surface area (Å²) in [6.07, 6.45) is 4.80. The van der Waals surface area contributed by atoms with Crippen LogP contribution >= 0.6 is 0 Å². The first-order valence-corrected chi connectivity index (χ1v) is 6.01. The van der Waals surface area contributed by atoms with Gasteiger partial charge in [-0.3, -0.25) is 4.98 Å². The highest BCUT2D eigenvalue weighted by molar-refractivity contribution is 5.65. The van der Waals surface area contributed by atoms with Crippen LogP contribution in [-0.2, 0) is 6.42 Å². The van der Waals surface area contributed by atoms with Crippen LogP contribution in [-0.4, -0.2) is 4.98 Å². The maximum atomic E-state index is 4.07. The van der Waals surface area contributed by atoms with Gasteiger partial charge in [0.25, 0.3) is 0 Å². The summed E-state index contributed by atoms with van der Waals surface area (Å²) in [5.74, 6) is 0. The molecule has 2 heterocycles. The lowest BCUT2D eigenvalue weighted by Gasteiger charge is -2.11. The molecule has 2 aromatic rings.